The van der Waals surface area contributed by atoms with Gasteiger partial charge in [0.25, 0.3) is 0 Å². The smallest absolute Gasteiger partial charge is 0.223 e. The third kappa shape index (κ3) is 3.67. The molecule has 0 saturated heterocycles. The van der Waals surface area contributed by atoms with Gasteiger partial charge >= 0.3 is 0 Å². The summed E-state index contributed by atoms with van der Waals surface area (Å²) < 4.78 is 1.93. The summed E-state index contributed by atoms with van der Waals surface area (Å²) in [5.74, 6) is 0.956. The van der Waals surface area contributed by atoms with Gasteiger partial charge in [-0.25, -0.2) is 14.5 Å². The van der Waals surface area contributed by atoms with Crippen LogP contribution in [0, 0.1) is 0 Å². The zero-order valence-electron chi connectivity index (χ0n) is 15.6. The van der Waals surface area contributed by atoms with Crippen molar-refractivity contribution in [3.8, 4) is 11.3 Å². The van der Waals surface area contributed by atoms with E-state index in [0.29, 0.717) is 11.9 Å². The van der Waals surface area contributed by atoms with Gasteiger partial charge in [0.2, 0.25) is 5.95 Å². The Kier molecular flexibility index (Phi) is 4.83. The molecule has 1 aromatic carbocycles. The molecule has 5 heteroatoms. The number of anilines is 1. The minimum absolute atomic E-state index is 0.310. The molecule has 0 aliphatic carbocycles. The van der Waals surface area contributed by atoms with Crippen molar-refractivity contribution in [2.75, 3.05) is 11.9 Å². The Morgan fingerprint density at radius 3 is 2.63 bits per heavy atom. The fourth-order valence-electron chi connectivity index (χ4n) is 3.23. The lowest BCUT2D eigenvalue weighted by Gasteiger charge is -2.08. The highest BCUT2D eigenvalue weighted by atomic mass is 15.2. The van der Waals surface area contributed by atoms with Crippen LogP contribution in [0.4, 0.5) is 5.95 Å². The van der Waals surface area contributed by atoms with Crippen LogP contribution in [0.5, 0.6) is 0 Å². The van der Waals surface area contributed by atoms with E-state index in [1.54, 1.807) is 0 Å². The quantitative estimate of drug-likeness (QED) is 0.549. The first kappa shape index (κ1) is 17.2. The van der Waals surface area contributed by atoms with E-state index in [9.17, 15) is 0 Å². The highest BCUT2D eigenvalue weighted by Crippen LogP contribution is 2.31. The molecule has 136 valence electrons. The van der Waals surface area contributed by atoms with Crippen LogP contribution in [0.25, 0.3) is 16.8 Å². The largest absolute Gasteiger partial charge is 0.354 e. The van der Waals surface area contributed by atoms with E-state index in [0.717, 1.165) is 35.4 Å². The number of fused-ring (bicyclic) bond motifs is 1. The molecular weight excluding hydrogens is 334 g/mol. The minimum atomic E-state index is 0.310. The molecule has 1 N–H and O–H groups in total. The van der Waals surface area contributed by atoms with Gasteiger partial charge in [-0.3, -0.25) is 0 Å². The zero-order valence-corrected chi connectivity index (χ0v) is 15.6. The van der Waals surface area contributed by atoms with E-state index in [1.165, 1.54) is 5.56 Å². The van der Waals surface area contributed by atoms with Gasteiger partial charge in [-0.2, -0.15) is 5.10 Å². The van der Waals surface area contributed by atoms with Gasteiger partial charge in [-0.05, 0) is 36.1 Å². The number of hydrogen-bond acceptors (Lipinski definition) is 4. The Balaban J connectivity index is 1.61. The van der Waals surface area contributed by atoms with Crippen LogP contribution in [0.2, 0.25) is 0 Å². The third-order valence-corrected chi connectivity index (χ3v) is 4.57. The molecule has 0 bridgehead atoms. The predicted molar refractivity (Wildman–Crippen MR) is 109 cm³/mol. The van der Waals surface area contributed by atoms with Crippen molar-refractivity contribution >= 4 is 11.5 Å². The first-order valence-corrected chi connectivity index (χ1v) is 9.31. The van der Waals surface area contributed by atoms with Gasteiger partial charge in [0.1, 0.15) is 0 Å². The van der Waals surface area contributed by atoms with Crippen LogP contribution < -0.4 is 5.32 Å². The van der Waals surface area contributed by atoms with Gasteiger partial charge in [0, 0.05) is 24.5 Å². The second-order valence-electron chi connectivity index (χ2n) is 6.87. The lowest BCUT2D eigenvalue weighted by Crippen LogP contribution is -2.08. The summed E-state index contributed by atoms with van der Waals surface area (Å²) in [4.78, 5) is 9.15. The summed E-state index contributed by atoms with van der Waals surface area (Å²) >= 11 is 0. The van der Waals surface area contributed by atoms with Crippen LogP contribution >= 0.6 is 0 Å². The summed E-state index contributed by atoms with van der Waals surface area (Å²) in [6.07, 6.45) is 4.72. The molecule has 4 aromatic rings. The second kappa shape index (κ2) is 7.58. The van der Waals surface area contributed by atoms with Crippen molar-refractivity contribution in [1.29, 1.82) is 0 Å². The molecule has 0 amide bonds. The fraction of sp³-hybridized carbons (Fsp3) is 0.227. The van der Waals surface area contributed by atoms with Crippen LogP contribution in [-0.4, -0.2) is 26.1 Å². The molecule has 0 aliphatic rings. The summed E-state index contributed by atoms with van der Waals surface area (Å²) in [7, 11) is 0. The molecule has 0 spiro atoms. The topological polar surface area (TPSA) is 55.1 Å². The molecule has 27 heavy (non-hydrogen) atoms. The maximum Gasteiger partial charge on any atom is 0.223 e. The molecular formula is C22H23N5. The zero-order chi connectivity index (χ0) is 18.6. The van der Waals surface area contributed by atoms with Crippen molar-refractivity contribution in [3.63, 3.8) is 0 Å². The lowest BCUT2D eigenvalue weighted by molar-refractivity contribution is 0.789. The van der Waals surface area contributed by atoms with Crippen molar-refractivity contribution in [2.24, 2.45) is 0 Å². The Morgan fingerprint density at radius 2 is 1.81 bits per heavy atom. The monoisotopic (exact) mass is 357 g/mol. The van der Waals surface area contributed by atoms with Crippen LogP contribution in [0.15, 0.2) is 67.0 Å². The number of benzene rings is 1. The Bertz CT molecular complexity index is 1040. The Hall–Kier alpha value is -3.21. The standard InChI is InChI=1S/C22H23N5/c1-16(2)21-20(19-10-6-7-15-27(19)26-21)18-12-14-24-22(25-18)23-13-11-17-8-4-3-5-9-17/h3-10,12,14-16H,11,13H2,1-2H3,(H,23,24,25). The maximum atomic E-state index is 4.76. The normalized spacial score (nSPS) is 11.2. The first-order valence-electron chi connectivity index (χ1n) is 9.31. The van der Waals surface area contributed by atoms with Crippen molar-refractivity contribution in [2.45, 2.75) is 26.2 Å². The second-order valence-corrected chi connectivity index (χ2v) is 6.87. The van der Waals surface area contributed by atoms with Crippen molar-refractivity contribution in [1.82, 2.24) is 19.6 Å². The number of rotatable bonds is 6. The van der Waals surface area contributed by atoms with Crippen LogP contribution in [0.1, 0.15) is 31.0 Å². The molecule has 4 rings (SSSR count). The minimum Gasteiger partial charge on any atom is -0.354 e. The summed E-state index contributed by atoms with van der Waals surface area (Å²) in [6, 6.07) is 18.5. The van der Waals surface area contributed by atoms with E-state index < -0.39 is 0 Å². The molecule has 3 heterocycles. The van der Waals surface area contributed by atoms with Crippen LogP contribution in [0.3, 0.4) is 0 Å². The average molecular weight is 357 g/mol. The number of nitrogens with zero attached hydrogens (tertiary/aromatic N) is 4. The molecule has 0 saturated carbocycles. The molecule has 0 unspecified atom stereocenters. The number of aromatic nitrogens is 4. The third-order valence-electron chi connectivity index (χ3n) is 4.57. The van der Waals surface area contributed by atoms with E-state index in [4.69, 9.17) is 10.1 Å². The van der Waals surface area contributed by atoms with E-state index >= 15 is 0 Å². The lowest BCUT2D eigenvalue weighted by atomic mass is 10.0. The Labute approximate surface area is 159 Å². The fourth-order valence-corrected chi connectivity index (χ4v) is 3.23. The van der Waals surface area contributed by atoms with Gasteiger partial charge in [-0.1, -0.05) is 50.2 Å². The van der Waals surface area contributed by atoms with Crippen molar-refractivity contribution in [3.05, 3.63) is 78.2 Å². The molecule has 0 radical (unpaired) electrons. The number of nitrogens with one attached hydrogen (secondary N) is 1. The van der Waals surface area contributed by atoms with Crippen LogP contribution in [-0.2, 0) is 6.42 Å². The van der Waals surface area contributed by atoms with E-state index in [2.05, 4.69) is 54.5 Å². The van der Waals surface area contributed by atoms with Gasteiger partial charge in [0.15, 0.2) is 0 Å². The Morgan fingerprint density at radius 1 is 1.00 bits per heavy atom. The molecule has 0 fully saturated rings. The SMILES string of the molecule is CC(C)c1nn2ccccc2c1-c1ccnc(NCCc2ccccc2)n1. The van der Waals surface area contributed by atoms with Gasteiger partial charge in [-0.15, -0.1) is 0 Å². The van der Waals surface area contributed by atoms with Crippen molar-refractivity contribution < 1.29 is 0 Å². The summed E-state index contributed by atoms with van der Waals surface area (Å²) in [5, 5.41) is 8.10. The summed E-state index contributed by atoms with van der Waals surface area (Å²) in [6.45, 7) is 5.11. The highest BCUT2D eigenvalue weighted by Gasteiger charge is 2.18. The van der Waals surface area contributed by atoms with E-state index in [1.807, 2.05) is 41.2 Å². The summed E-state index contributed by atoms with van der Waals surface area (Å²) in [5.41, 5.74) is 5.40. The van der Waals surface area contributed by atoms with Gasteiger partial charge in [0.05, 0.1) is 16.9 Å². The molecule has 0 atom stereocenters. The average Bonchev–Trinajstić information content (AvgIpc) is 3.09. The molecule has 3 aromatic heterocycles. The number of hydrogen-bond donors (Lipinski definition) is 1. The predicted octanol–water partition coefficient (Wildman–Crippen LogP) is 4.57. The number of pyridine rings is 1. The first-order chi connectivity index (χ1) is 13.2. The molecule has 0 aliphatic heterocycles. The maximum absolute atomic E-state index is 4.76. The molecule has 5 nitrogen and oxygen atoms in total. The highest BCUT2D eigenvalue weighted by molar-refractivity contribution is 5.81. The van der Waals surface area contributed by atoms with E-state index in [-0.39, 0.29) is 0 Å². The van der Waals surface area contributed by atoms with Gasteiger partial charge < -0.3 is 5.32 Å².